The van der Waals surface area contributed by atoms with E-state index in [1.54, 1.807) is 0 Å². The highest BCUT2D eigenvalue weighted by Gasteiger charge is 2.37. The number of hydrogen-bond donors (Lipinski definition) is 3. The van der Waals surface area contributed by atoms with Crippen LogP contribution < -0.4 is 16.0 Å². The van der Waals surface area contributed by atoms with Gasteiger partial charge in [0.05, 0.1) is 0 Å². The van der Waals surface area contributed by atoms with Gasteiger partial charge < -0.3 is 16.0 Å². The molecular formula is C18H37N3. The molecule has 1 aliphatic heterocycles. The van der Waals surface area contributed by atoms with Crippen molar-refractivity contribution in [2.24, 2.45) is 0 Å². The summed E-state index contributed by atoms with van der Waals surface area (Å²) in [5, 5.41) is 11.3. The highest BCUT2D eigenvalue weighted by atomic mass is 15.1. The molecule has 0 aromatic carbocycles. The Morgan fingerprint density at radius 3 is 1.90 bits per heavy atom. The third-order valence-corrected chi connectivity index (χ3v) is 5.01. The Kier molecular flexibility index (Phi) is 6.10. The minimum absolute atomic E-state index is 0.250. The van der Waals surface area contributed by atoms with Crippen LogP contribution in [0, 0.1) is 0 Å². The van der Waals surface area contributed by atoms with Crippen LogP contribution >= 0.6 is 0 Å². The third-order valence-electron chi connectivity index (χ3n) is 5.01. The maximum absolute atomic E-state index is 3.79. The quantitative estimate of drug-likeness (QED) is 0.659. The molecule has 2 rings (SSSR count). The summed E-state index contributed by atoms with van der Waals surface area (Å²) in [4.78, 5) is 0. The van der Waals surface area contributed by atoms with Crippen LogP contribution in [0.3, 0.4) is 0 Å². The lowest BCUT2D eigenvalue weighted by Gasteiger charge is -2.46. The van der Waals surface area contributed by atoms with Crippen LogP contribution in [0.25, 0.3) is 0 Å². The fourth-order valence-electron chi connectivity index (χ4n) is 4.47. The third kappa shape index (κ3) is 6.25. The molecule has 1 saturated carbocycles. The van der Waals surface area contributed by atoms with E-state index in [1.165, 1.54) is 57.9 Å². The Labute approximate surface area is 132 Å². The van der Waals surface area contributed by atoms with Gasteiger partial charge >= 0.3 is 0 Å². The van der Waals surface area contributed by atoms with Crippen LogP contribution in [-0.2, 0) is 0 Å². The Morgan fingerprint density at radius 2 is 1.33 bits per heavy atom. The molecule has 3 heteroatoms. The van der Waals surface area contributed by atoms with E-state index in [0.717, 1.165) is 12.6 Å². The first-order valence-electron chi connectivity index (χ1n) is 9.12. The number of piperidine rings is 1. The highest BCUT2D eigenvalue weighted by molar-refractivity contribution is 4.99. The summed E-state index contributed by atoms with van der Waals surface area (Å²) in [5.41, 5.74) is 0.500. The predicted molar refractivity (Wildman–Crippen MR) is 91.8 cm³/mol. The van der Waals surface area contributed by atoms with Gasteiger partial charge in [0.25, 0.3) is 0 Å². The number of hydrogen-bond acceptors (Lipinski definition) is 3. The molecule has 124 valence electrons. The average Bonchev–Trinajstić information content (AvgIpc) is 2.36. The van der Waals surface area contributed by atoms with Gasteiger partial charge in [0.15, 0.2) is 0 Å². The predicted octanol–water partition coefficient (Wildman–Crippen LogP) is 3.20. The van der Waals surface area contributed by atoms with E-state index in [2.05, 4.69) is 43.6 Å². The smallest absolute Gasteiger partial charge is 0.0144 e. The van der Waals surface area contributed by atoms with Crippen molar-refractivity contribution in [2.45, 2.75) is 102 Å². The zero-order chi connectivity index (χ0) is 15.3. The van der Waals surface area contributed by atoms with Crippen LogP contribution in [0.15, 0.2) is 0 Å². The standard InChI is InChI=1S/C18H37N3/c1-17(2)13-16(14-18(3,4)21-17)20-12-8-11-19-15-9-6-5-7-10-15/h15-16,19-21H,5-14H2,1-4H3. The van der Waals surface area contributed by atoms with Crippen LogP contribution in [0.2, 0.25) is 0 Å². The molecule has 0 amide bonds. The van der Waals surface area contributed by atoms with Gasteiger partial charge in [0.1, 0.15) is 0 Å². The second-order valence-electron chi connectivity index (χ2n) is 8.59. The zero-order valence-corrected chi connectivity index (χ0v) is 14.7. The van der Waals surface area contributed by atoms with Crippen molar-refractivity contribution in [1.29, 1.82) is 0 Å². The molecule has 0 unspecified atom stereocenters. The Morgan fingerprint density at radius 1 is 0.810 bits per heavy atom. The maximum Gasteiger partial charge on any atom is 0.0144 e. The second kappa shape index (κ2) is 7.43. The Balaban J connectivity index is 1.59. The zero-order valence-electron chi connectivity index (χ0n) is 14.7. The summed E-state index contributed by atoms with van der Waals surface area (Å²) in [7, 11) is 0. The lowest BCUT2D eigenvalue weighted by molar-refractivity contribution is 0.146. The van der Waals surface area contributed by atoms with Crippen LogP contribution in [0.1, 0.15) is 79.1 Å². The van der Waals surface area contributed by atoms with E-state index in [4.69, 9.17) is 0 Å². The van der Waals surface area contributed by atoms with Gasteiger partial charge in [0, 0.05) is 23.2 Å². The fourth-order valence-corrected chi connectivity index (χ4v) is 4.47. The summed E-state index contributed by atoms with van der Waals surface area (Å²) >= 11 is 0. The minimum Gasteiger partial charge on any atom is -0.314 e. The summed E-state index contributed by atoms with van der Waals surface area (Å²) in [6.45, 7) is 11.6. The molecule has 1 heterocycles. The molecule has 0 radical (unpaired) electrons. The molecule has 1 saturated heterocycles. The van der Waals surface area contributed by atoms with E-state index in [0.29, 0.717) is 6.04 Å². The number of nitrogens with one attached hydrogen (secondary N) is 3. The van der Waals surface area contributed by atoms with E-state index < -0.39 is 0 Å². The lowest BCUT2D eigenvalue weighted by atomic mass is 9.79. The Bertz CT molecular complexity index is 290. The van der Waals surface area contributed by atoms with Crippen LogP contribution in [-0.4, -0.2) is 36.3 Å². The average molecular weight is 296 g/mol. The van der Waals surface area contributed by atoms with Crippen molar-refractivity contribution in [3.05, 3.63) is 0 Å². The monoisotopic (exact) mass is 295 g/mol. The molecule has 3 N–H and O–H groups in total. The maximum atomic E-state index is 3.79. The summed E-state index contributed by atoms with van der Waals surface area (Å²) in [6.07, 6.45) is 10.8. The van der Waals surface area contributed by atoms with Crippen molar-refractivity contribution in [3.8, 4) is 0 Å². The van der Waals surface area contributed by atoms with Crippen LogP contribution in [0.5, 0.6) is 0 Å². The fraction of sp³-hybridized carbons (Fsp3) is 1.00. The molecule has 0 atom stereocenters. The Hall–Kier alpha value is -0.120. The van der Waals surface area contributed by atoms with Crippen molar-refractivity contribution < 1.29 is 0 Å². The van der Waals surface area contributed by atoms with Gasteiger partial charge in [-0.05, 0) is 72.9 Å². The van der Waals surface area contributed by atoms with Crippen molar-refractivity contribution in [1.82, 2.24) is 16.0 Å². The largest absolute Gasteiger partial charge is 0.314 e. The van der Waals surface area contributed by atoms with Gasteiger partial charge in [-0.1, -0.05) is 19.3 Å². The molecular weight excluding hydrogens is 258 g/mol. The molecule has 0 aromatic heterocycles. The molecule has 21 heavy (non-hydrogen) atoms. The van der Waals surface area contributed by atoms with Crippen molar-refractivity contribution in [2.75, 3.05) is 13.1 Å². The highest BCUT2D eigenvalue weighted by Crippen LogP contribution is 2.28. The van der Waals surface area contributed by atoms with E-state index >= 15 is 0 Å². The second-order valence-corrected chi connectivity index (χ2v) is 8.59. The SMILES string of the molecule is CC1(C)CC(NCCCNC2CCCCC2)CC(C)(C)N1. The van der Waals surface area contributed by atoms with Crippen molar-refractivity contribution in [3.63, 3.8) is 0 Å². The van der Waals surface area contributed by atoms with Crippen LogP contribution in [0.4, 0.5) is 0 Å². The van der Waals surface area contributed by atoms with E-state index in [-0.39, 0.29) is 11.1 Å². The number of rotatable bonds is 6. The minimum atomic E-state index is 0.250. The van der Waals surface area contributed by atoms with Crippen molar-refractivity contribution >= 4 is 0 Å². The summed E-state index contributed by atoms with van der Waals surface area (Å²) < 4.78 is 0. The van der Waals surface area contributed by atoms with Gasteiger partial charge in [-0.15, -0.1) is 0 Å². The first-order valence-corrected chi connectivity index (χ1v) is 9.12. The van der Waals surface area contributed by atoms with Gasteiger partial charge in [-0.3, -0.25) is 0 Å². The molecule has 0 spiro atoms. The first-order chi connectivity index (χ1) is 9.86. The molecule has 0 bridgehead atoms. The topological polar surface area (TPSA) is 36.1 Å². The molecule has 0 aromatic rings. The molecule has 3 nitrogen and oxygen atoms in total. The summed E-state index contributed by atoms with van der Waals surface area (Å²) in [6, 6.07) is 1.46. The molecule has 1 aliphatic carbocycles. The first kappa shape index (κ1) is 17.2. The molecule has 2 fully saturated rings. The van der Waals surface area contributed by atoms with Gasteiger partial charge in [0.2, 0.25) is 0 Å². The van der Waals surface area contributed by atoms with Gasteiger partial charge in [-0.25, -0.2) is 0 Å². The summed E-state index contributed by atoms with van der Waals surface area (Å²) in [5.74, 6) is 0. The molecule has 2 aliphatic rings. The lowest BCUT2D eigenvalue weighted by Crippen LogP contribution is -2.61. The normalized spacial score (nSPS) is 26.9. The van der Waals surface area contributed by atoms with Gasteiger partial charge in [-0.2, -0.15) is 0 Å². The van der Waals surface area contributed by atoms with E-state index in [1.807, 2.05) is 0 Å². The van der Waals surface area contributed by atoms with E-state index in [9.17, 15) is 0 Å².